The fraction of sp³-hybridized carbons (Fsp3) is 0.667. The Balaban J connectivity index is 2.09. The SMILES string of the molecule is CC1C(=O)CCC2(C)C3=CC(=O)CCC3(C#CSI)CCC12. The zero-order valence-electron chi connectivity index (χ0n) is 13.1. The number of carbonyl (C=O) groups excluding carboxylic acids is 2. The molecule has 0 saturated heterocycles. The summed E-state index contributed by atoms with van der Waals surface area (Å²) in [7, 11) is 1.52. The van der Waals surface area contributed by atoms with E-state index in [2.05, 4.69) is 46.2 Å². The van der Waals surface area contributed by atoms with E-state index >= 15 is 0 Å². The van der Waals surface area contributed by atoms with E-state index in [0.717, 1.165) is 25.7 Å². The molecule has 3 rings (SSSR count). The van der Waals surface area contributed by atoms with E-state index in [1.54, 1.807) is 0 Å². The molecule has 2 fully saturated rings. The molecule has 0 amide bonds. The van der Waals surface area contributed by atoms with E-state index in [-0.39, 0.29) is 22.5 Å². The summed E-state index contributed by atoms with van der Waals surface area (Å²) < 4.78 is 0. The van der Waals surface area contributed by atoms with Crippen LogP contribution in [0.15, 0.2) is 11.6 Å². The highest BCUT2D eigenvalue weighted by Gasteiger charge is 2.56. The van der Waals surface area contributed by atoms with E-state index in [1.165, 1.54) is 14.5 Å². The number of hydrogen-bond donors (Lipinski definition) is 0. The number of Topliss-reactive ketones (excluding diaryl/α,β-unsaturated/α-hetero) is 1. The van der Waals surface area contributed by atoms with Crippen LogP contribution in [0.1, 0.15) is 52.4 Å². The van der Waals surface area contributed by atoms with Gasteiger partial charge in [-0.3, -0.25) is 9.59 Å². The molecule has 0 aromatic rings. The van der Waals surface area contributed by atoms with Gasteiger partial charge in [0.15, 0.2) is 5.78 Å². The maximum atomic E-state index is 12.1. The van der Waals surface area contributed by atoms with Crippen LogP contribution in [0.5, 0.6) is 0 Å². The highest BCUT2D eigenvalue weighted by atomic mass is 127. The summed E-state index contributed by atoms with van der Waals surface area (Å²) in [4.78, 5) is 24.2. The number of rotatable bonds is 0. The smallest absolute Gasteiger partial charge is 0.155 e. The molecule has 4 atom stereocenters. The van der Waals surface area contributed by atoms with Gasteiger partial charge in [0, 0.05) is 40.0 Å². The van der Waals surface area contributed by atoms with Crippen molar-refractivity contribution in [3.05, 3.63) is 11.6 Å². The van der Waals surface area contributed by atoms with Gasteiger partial charge < -0.3 is 0 Å². The van der Waals surface area contributed by atoms with E-state index < -0.39 is 0 Å². The third kappa shape index (κ3) is 2.49. The molecule has 0 spiro atoms. The molecule has 118 valence electrons. The van der Waals surface area contributed by atoms with Gasteiger partial charge in [0.25, 0.3) is 0 Å². The molecule has 2 saturated carbocycles. The molecule has 4 heteroatoms. The molecule has 22 heavy (non-hydrogen) atoms. The van der Waals surface area contributed by atoms with E-state index in [0.29, 0.717) is 24.5 Å². The average Bonchev–Trinajstić information content (AvgIpc) is 2.51. The first-order valence-electron chi connectivity index (χ1n) is 8.01. The third-order valence-corrected chi connectivity index (χ3v) is 7.11. The van der Waals surface area contributed by atoms with Crippen molar-refractivity contribution < 1.29 is 9.59 Å². The van der Waals surface area contributed by atoms with Gasteiger partial charge in [-0.15, -0.1) is 0 Å². The van der Waals surface area contributed by atoms with Crippen LogP contribution in [0.3, 0.4) is 0 Å². The average molecular weight is 428 g/mol. The lowest BCUT2D eigenvalue weighted by Crippen LogP contribution is -2.51. The molecule has 0 aromatic heterocycles. The minimum absolute atomic E-state index is 0.0354. The summed E-state index contributed by atoms with van der Waals surface area (Å²) in [5.74, 6) is 4.60. The molecule has 0 bridgehead atoms. The topological polar surface area (TPSA) is 34.1 Å². The van der Waals surface area contributed by atoms with Crippen LogP contribution in [0.2, 0.25) is 0 Å². The Kier molecular flexibility index (Phi) is 4.50. The molecular formula is C18H21IO2S. The maximum Gasteiger partial charge on any atom is 0.155 e. The molecular weight excluding hydrogens is 407 g/mol. The Labute approximate surface area is 148 Å². The van der Waals surface area contributed by atoms with Crippen LogP contribution < -0.4 is 0 Å². The minimum atomic E-state index is -0.128. The standard InChI is InChI=1S/C18H21IO2S/c1-12-14-4-8-18(9-10-22-19)7-3-13(20)11-16(18)17(14,2)6-5-15(12)21/h11-12,14H,3-8H2,1-2H3. The summed E-state index contributed by atoms with van der Waals surface area (Å²) in [5.41, 5.74) is 1.08. The zero-order chi connectivity index (χ0) is 16.0. The van der Waals surface area contributed by atoms with Crippen LogP contribution in [0.25, 0.3) is 0 Å². The quantitative estimate of drug-likeness (QED) is 0.414. The zero-order valence-corrected chi connectivity index (χ0v) is 16.1. The highest BCUT2D eigenvalue weighted by molar-refractivity contribution is 14.2. The molecule has 0 aromatic carbocycles. The first kappa shape index (κ1) is 16.6. The van der Waals surface area contributed by atoms with Crippen LogP contribution >= 0.6 is 30.1 Å². The van der Waals surface area contributed by atoms with Crippen molar-refractivity contribution in [2.24, 2.45) is 22.7 Å². The van der Waals surface area contributed by atoms with Crippen LogP contribution in [0.4, 0.5) is 0 Å². The maximum absolute atomic E-state index is 12.1. The second-order valence-corrected chi connectivity index (χ2v) is 8.91. The van der Waals surface area contributed by atoms with Crippen molar-refractivity contribution in [3.63, 3.8) is 0 Å². The lowest BCUT2D eigenvalue weighted by Gasteiger charge is -2.56. The van der Waals surface area contributed by atoms with Gasteiger partial charge in [0.2, 0.25) is 0 Å². The van der Waals surface area contributed by atoms with E-state index in [9.17, 15) is 9.59 Å². The van der Waals surface area contributed by atoms with Gasteiger partial charge in [-0.2, -0.15) is 0 Å². The Morgan fingerprint density at radius 1 is 1.27 bits per heavy atom. The van der Waals surface area contributed by atoms with Gasteiger partial charge in [-0.25, -0.2) is 0 Å². The fourth-order valence-corrected chi connectivity index (χ4v) is 5.56. The number of carbonyl (C=O) groups is 2. The normalized spacial score (nSPS) is 41.0. The molecule has 0 radical (unpaired) electrons. The van der Waals surface area contributed by atoms with Gasteiger partial charge in [-0.05, 0) is 62.9 Å². The predicted molar refractivity (Wildman–Crippen MR) is 98.4 cm³/mol. The molecule has 4 unspecified atom stereocenters. The van der Waals surface area contributed by atoms with Crippen molar-refractivity contribution in [3.8, 4) is 11.2 Å². The van der Waals surface area contributed by atoms with Crippen LogP contribution in [-0.4, -0.2) is 11.6 Å². The Morgan fingerprint density at radius 3 is 2.77 bits per heavy atom. The lowest BCUT2D eigenvalue weighted by molar-refractivity contribution is -0.131. The molecule has 2 nitrogen and oxygen atoms in total. The first-order chi connectivity index (χ1) is 10.4. The van der Waals surface area contributed by atoms with Crippen LogP contribution in [0, 0.1) is 33.8 Å². The molecule has 0 N–H and O–H groups in total. The van der Waals surface area contributed by atoms with E-state index in [4.69, 9.17) is 0 Å². The highest BCUT2D eigenvalue weighted by Crippen LogP contribution is 2.62. The number of fused-ring (bicyclic) bond motifs is 3. The summed E-state index contributed by atoms with van der Waals surface area (Å²) in [6.45, 7) is 4.35. The summed E-state index contributed by atoms with van der Waals surface area (Å²) in [6, 6.07) is 0. The van der Waals surface area contributed by atoms with Crippen molar-refractivity contribution in [1.82, 2.24) is 0 Å². The first-order valence-corrected chi connectivity index (χ1v) is 11.4. The summed E-state index contributed by atoms with van der Waals surface area (Å²) >= 11 is 2.21. The predicted octanol–water partition coefficient (Wildman–Crippen LogP) is 4.72. The molecule has 0 aliphatic heterocycles. The van der Waals surface area contributed by atoms with Crippen LogP contribution in [-0.2, 0) is 9.59 Å². The monoisotopic (exact) mass is 428 g/mol. The van der Waals surface area contributed by atoms with Gasteiger partial charge in [0.05, 0.1) is 5.41 Å². The number of hydrogen-bond acceptors (Lipinski definition) is 3. The fourth-order valence-electron chi connectivity index (χ4n) is 5.00. The number of halogens is 1. The Morgan fingerprint density at radius 2 is 2.05 bits per heavy atom. The summed E-state index contributed by atoms with van der Waals surface area (Å²) in [6.07, 6.45) is 6.92. The Bertz CT molecular complexity index is 614. The third-order valence-electron chi connectivity index (χ3n) is 6.27. The van der Waals surface area contributed by atoms with Gasteiger partial charge >= 0.3 is 0 Å². The van der Waals surface area contributed by atoms with Crippen molar-refractivity contribution in [2.75, 3.05) is 0 Å². The molecule has 0 heterocycles. The lowest BCUT2D eigenvalue weighted by atomic mass is 9.47. The second kappa shape index (κ2) is 5.98. The minimum Gasteiger partial charge on any atom is -0.299 e. The van der Waals surface area contributed by atoms with Gasteiger partial charge in [0.1, 0.15) is 5.78 Å². The van der Waals surface area contributed by atoms with Crippen molar-refractivity contribution in [2.45, 2.75) is 52.4 Å². The second-order valence-electron chi connectivity index (χ2n) is 7.23. The van der Waals surface area contributed by atoms with E-state index in [1.807, 2.05) is 6.08 Å². The molecule has 3 aliphatic rings. The molecule has 3 aliphatic carbocycles. The van der Waals surface area contributed by atoms with Crippen molar-refractivity contribution >= 4 is 41.7 Å². The largest absolute Gasteiger partial charge is 0.299 e. The number of ketones is 2. The summed E-state index contributed by atoms with van der Waals surface area (Å²) in [5, 5.41) is 3.19. The van der Waals surface area contributed by atoms with Crippen molar-refractivity contribution in [1.29, 1.82) is 0 Å². The Hall–Kier alpha value is -0.280. The van der Waals surface area contributed by atoms with Gasteiger partial charge in [-0.1, -0.05) is 19.8 Å². The number of allylic oxidation sites excluding steroid dienone is 2.